The number of fused-ring (bicyclic) bond motifs is 1. The van der Waals surface area contributed by atoms with Gasteiger partial charge in [0, 0.05) is 0 Å². The smallest absolute Gasteiger partial charge is 0.0846 e. The van der Waals surface area contributed by atoms with Gasteiger partial charge in [0.25, 0.3) is 0 Å². The lowest BCUT2D eigenvalue weighted by Gasteiger charge is -2.02. The SMILES string of the molecule is CC.CC.Cc1cc(C)c2scnc2c1C. The minimum absolute atomic E-state index is 1.18. The molecule has 0 amide bonds. The Morgan fingerprint density at radius 2 is 1.50 bits per heavy atom. The van der Waals surface area contributed by atoms with Crippen LogP contribution in [0.1, 0.15) is 44.4 Å². The van der Waals surface area contributed by atoms with E-state index < -0.39 is 0 Å². The third kappa shape index (κ3) is 3.05. The number of benzene rings is 1. The summed E-state index contributed by atoms with van der Waals surface area (Å²) in [7, 11) is 0. The second kappa shape index (κ2) is 7.39. The van der Waals surface area contributed by atoms with Gasteiger partial charge in [-0.05, 0) is 37.5 Å². The highest BCUT2D eigenvalue weighted by atomic mass is 32.1. The third-order valence-corrected chi connectivity index (χ3v) is 3.27. The zero-order chi connectivity index (χ0) is 12.7. The Balaban J connectivity index is 0.000000509. The van der Waals surface area contributed by atoms with Gasteiger partial charge in [0.05, 0.1) is 15.7 Å². The molecule has 0 fully saturated rings. The molecule has 0 bridgehead atoms. The maximum Gasteiger partial charge on any atom is 0.0846 e. The summed E-state index contributed by atoms with van der Waals surface area (Å²) in [6.45, 7) is 14.4. The first-order valence-electron chi connectivity index (χ1n) is 6.00. The second-order valence-electron chi connectivity index (χ2n) is 3.17. The van der Waals surface area contributed by atoms with E-state index in [1.807, 2.05) is 33.2 Å². The molecule has 1 aromatic carbocycles. The number of thiazole rings is 1. The van der Waals surface area contributed by atoms with Crippen molar-refractivity contribution < 1.29 is 0 Å². The van der Waals surface area contributed by atoms with Gasteiger partial charge in [0.2, 0.25) is 0 Å². The summed E-state index contributed by atoms with van der Waals surface area (Å²) in [6, 6.07) is 2.23. The van der Waals surface area contributed by atoms with E-state index in [4.69, 9.17) is 0 Å². The Morgan fingerprint density at radius 1 is 0.938 bits per heavy atom. The van der Waals surface area contributed by atoms with Gasteiger partial charge in [-0.1, -0.05) is 33.8 Å². The number of aromatic nitrogens is 1. The number of hydrogen-bond acceptors (Lipinski definition) is 2. The van der Waals surface area contributed by atoms with Crippen LogP contribution in [-0.2, 0) is 0 Å². The number of aryl methyl sites for hydroxylation is 3. The van der Waals surface area contributed by atoms with E-state index >= 15 is 0 Å². The van der Waals surface area contributed by atoms with Crippen molar-refractivity contribution in [2.75, 3.05) is 0 Å². The quantitative estimate of drug-likeness (QED) is 0.608. The van der Waals surface area contributed by atoms with Gasteiger partial charge in [-0.15, -0.1) is 11.3 Å². The lowest BCUT2D eigenvalue weighted by molar-refractivity contribution is 1.32. The molecule has 0 unspecified atom stereocenters. The molecule has 0 saturated heterocycles. The zero-order valence-electron chi connectivity index (χ0n) is 11.5. The first kappa shape index (κ1) is 15.1. The van der Waals surface area contributed by atoms with Crippen molar-refractivity contribution >= 4 is 21.6 Å². The van der Waals surface area contributed by atoms with Crippen LogP contribution < -0.4 is 0 Å². The molecule has 1 aromatic heterocycles. The average molecular weight is 237 g/mol. The Morgan fingerprint density at radius 3 is 2.06 bits per heavy atom. The van der Waals surface area contributed by atoms with Crippen LogP contribution in [0.25, 0.3) is 10.2 Å². The normalized spacial score (nSPS) is 8.94. The number of nitrogens with zero attached hydrogens (tertiary/aromatic N) is 1. The van der Waals surface area contributed by atoms with Crippen molar-refractivity contribution in [1.29, 1.82) is 0 Å². The van der Waals surface area contributed by atoms with E-state index in [2.05, 4.69) is 31.8 Å². The molecule has 0 atom stereocenters. The Hall–Kier alpha value is -0.890. The Labute approximate surface area is 104 Å². The van der Waals surface area contributed by atoms with Crippen molar-refractivity contribution in [2.24, 2.45) is 0 Å². The second-order valence-corrected chi connectivity index (χ2v) is 4.02. The first-order chi connectivity index (χ1) is 7.70. The predicted octanol–water partition coefficient (Wildman–Crippen LogP) is 5.27. The molecule has 0 N–H and O–H groups in total. The van der Waals surface area contributed by atoms with E-state index in [0.717, 1.165) is 0 Å². The summed E-state index contributed by atoms with van der Waals surface area (Å²) >= 11 is 1.73. The minimum Gasteiger partial charge on any atom is -0.244 e. The fourth-order valence-electron chi connectivity index (χ4n) is 1.48. The molecule has 16 heavy (non-hydrogen) atoms. The highest BCUT2D eigenvalue weighted by molar-refractivity contribution is 7.17. The molecule has 0 aliphatic heterocycles. The molecule has 0 spiro atoms. The van der Waals surface area contributed by atoms with Gasteiger partial charge in [-0.3, -0.25) is 0 Å². The zero-order valence-corrected chi connectivity index (χ0v) is 12.3. The fraction of sp³-hybridized carbons (Fsp3) is 0.500. The minimum atomic E-state index is 1.18. The van der Waals surface area contributed by atoms with Crippen molar-refractivity contribution in [1.82, 2.24) is 4.98 Å². The molecular weight excluding hydrogens is 214 g/mol. The molecular formula is C14H23NS. The summed E-state index contributed by atoms with van der Waals surface area (Å²) in [5, 5.41) is 0. The highest BCUT2D eigenvalue weighted by Crippen LogP contribution is 2.26. The van der Waals surface area contributed by atoms with Gasteiger partial charge in [0.1, 0.15) is 0 Å². The van der Waals surface area contributed by atoms with Crippen LogP contribution in [0.3, 0.4) is 0 Å². The maximum absolute atomic E-state index is 4.36. The van der Waals surface area contributed by atoms with Gasteiger partial charge < -0.3 is 0 Å². The van der Waals surface area contributed by atoms with E-state index in [1.54, 1.807) is 11.3 Å². The molecule has 0 aliphatic carbocycles. The monoisotopic (exact) mass is 237 g/mol. The van der Waals surface area contributed by atoms with Crippen LogP contribution in [0.2, 0.25) is 0 Å². The average Bonchev–Trinajstić information content (AvgIpc) is 2.81. The van der Waals surface area contributed by atoms with Crippen molar-refractivity contribution in [3.63, 3.8) is 0 Å². The number of hydrogen-bond donors (Lipinski definition) is 0. The molecule has 1 nitrogen and oxygen atoms in total. The van der Waals surface area contributed by atoms with Crippen molar-refractivity contribution in [3.05, 3.63) is 28.3 Å². The Kier molecular flexibility index (Phi) is 6.98. The summed E-state index contributed by atoms with van der Waals surface area (Å²) in [4.78, 5) is 4.36. The molecule has 0 aliphatic rings. The predicted molar refractivity (Wildman–Crippen MR) is 76.5 cm³/mol. The van der Waals surface area contributed by atoms with Crippen molar-refractivity contribution in [2.45, 2.75) is 48.5 Å². The van der Waals surface area contributed by atoms with Crippen LogP contribution in [0.5, 0.6) is 0 Å². The molecule has 2 heteroatoms. The van der Waals surface area contributed by atoms with E-state index in [1.165, 1.54) is 26.9 Å². The van der Waals surface area contributed by atoms with Gasteiger partial charge in [-0.2, -0.15) is 0 Å². The number of rotatable bonds is 0. The Bertz CT molecular complexity index is 429. The summed E-state index contributed by atoms with van der Waals surface area (Å²) in [5.74, 6) is 0. The van der Waals surface area contributed by atoms with Gasteiger partial charge >= 0.3 is 0 Å². The third-order valence-electron chi connectivity index (χ3n) is 2.31. The van der Waals surface area contributed by atoms with Crippen LogP contribution >= 0.6 is 11.3 Å². The van der Waals surface area contributed by atoms with E-state index in [-0.39, 0.29) is 0 Å². The summed E-state index contributed by atoms with van der Waals surface area (Å²) < 4.78 is 1.33. The van der Waals surface area contributed by atoms with Crippen LogP contribution in [0.15, 0.2) is 11.6 Å². The molecule has 2 aromatic rings. The van der Waals surface area contributed by atoms with E-state index in [0.29, 0.717) is 0 Å². The summed E-state index contributed by atoms with van der Waals surface area (Å²) in [5.41, 5.74) is 7.10. The fourth-order valence-corrected chi connectivity index (χ4v) is 2.30. The lowest BCUT2D eigenvalue weighted by atomic mass is 10.1. The highest BCUT2D eigenvalue weighted by Gasteiger charge is 2.05. The molecule has 0 radical (unpaired) electrons. The molecule has 2 rings (SSSR count). The largest absolute Gasteiger partial charge is 0.244 e. The first-order valence-corrected chi connectivity index (χ1v) is 6.88. The van der Waals surface area contributed by atoms with Gasteiger partial charge in [-0.25, -0.2) is 4.98 Å². The summed E-state index contributed by atoms with van der Waals surface area (Å²) in [6.07, 6.45) is 0. The molecule has 1 heterocycles. The van der Waals surface area contributed by atoms with Crippen LogP contribution in [0, 0.1) is 20.8 Å². The molecule has 0 saturated carbocycles. The van der Waals surface area contributed by atoms with Crippen LogP contribution in [0.4, 0.5) is 0 Å². The standard InChI is InChI=1S/C10H11NS.2C2H6/c1-6-4-7(2)10-9(8(6)3)11-5-12-10;2*1-2/h4-5H,1-3H3;2*1-2H3. The lowest BCUT2D eigenvalue weighted by Crippen LogP contribution is -1.84. The topological polar surface area (TPSA) is 12.9 Å². The van der Waals surface area contributed by atoms with E-state index in [9.17, 15) is 0 Å². The van der Waals surface area contributed by atoms with Crippen molar-refractivity contribution in [3.8, 4) is 0 Å². The van der Waals surface area contributed by atoms with Gasteiger partial charge in [0.15, 0.2) is 0 Å². The van der Waals surface area contributed by atoms with Crippen LogP contribution in [-0.4, -0.2) is 4.98 Å². The maximum atomic E-state index is 4.36. The molecule has 90 valence electrons.